The molecule has 6 nitrogen and oxygen atoms in total. The molecular formula is C12H15ClN4O2S. The van der Waals surface area contributed by atoms with Crippen LogP contribution < -0.4 is 0 Å². The van der Waals surface area contributed by atoms with Gasteiger partial charge in [0.25, 0.3) is 0 Å². The van der Waals surface area contributed by atoms with Crippen LogP contribution in [0, 0.1) is 6.92 Å². The van der Waals surface area contributed by atoms with E-state index >= 15 is 0 Å². The molecule has 0 radical (unpaired) electrons. The van der Waals surface area contributed by atoms with Crippen molar-refractivity contribution in [1.29, 1.82) is 0 Å². The summed E-state index contributed by atoms with van der Waals surface area (Å²) in [6.07, 6.45) is 4.36. The zero-order valence-electron chi connectivity index (χ0n) is 11.6. The van der Waals surface area contributed by atoms with E-state index in [0.29, 0.717) is 11.3 Å². The molecule has 0 saturated carbocycles. The largest absolute Gasteiger partial charge is 0.268 e. The lowest BCUT2D eigenvalue weighted by atomic mass is 10.1. The zero-order valence-corrected chi connectivity index (χ0v) is 13.2. The molecular weight excluding hydrogens is 300 g/mol. The molecule has 0 bridgehead atoms. The monoisotopic (exact) mass is 314 g/mol. The molecule has 108 valence electrons. The van der Waals surface area contributed by atoms with E-state index < -0.39 is 9.84 Å². The Kier molecular flexibility index (Phi) is 3.84. The molecule has 0 fully saturated rings. The molecule has 0 aliphatic carbocycles. The van der Waals surface area contributed by atoms with E-state index in [0.717, 1.165) is 11.8 Å². The van der Waals surface area contributed by atoms with Crippen LogP contribution >= 0.6 is 11.6 Å². The highest BCUT2D eigenvalue weighted by Crippen LogP contribution is 2.29. The van der Waals surface area contributed by atoms with Crippen molar-refractivity contribution >= 4 is 21.4 Å². The molecule has 2 aromatic heterocycles. The zero-order chi connectivity index (χ0) is 15.1. The first-order valence-electron chi connectivity index (χ1n) is 5.99. The minimum Gasteiger partial charge on any atom is -0.268 e. The number of sulfone groups is 1. The lowest BCUT2D eigenvalue weighted by Gasteiger charge is -2.04. The normalized spacial score (nSPS) is 12.1. The van der Waals surface area contributed by atoms with Crippen LogP contribution in [-0.2, 0) is 9.84 Å². The van der Waals surface area contributed by atoms with Crippen molar-refractivity contribution in [3.05, 3.63) is 23.2 Å². The van der Waals surface area contributed by atoms with Gasteiger partial charge >= 0.3 is 0 Å². The second-order valence-electron chi connectivity index (χ2n) is 4.86. The average molecular weight is 315 g/mol. The number of hydrogen-bond acceptors (Lipinski definition) is 5. The number of rotatable bonds is 3. The second kappa shape index (κ2) is 5.14. The summed E-state index contributed by atoms with van der Waals surface area (Å²) in [5.74, 6) is 0. The van der Waals surface area contributed by atoms with Gasteiger partial charge in [-0.25, -0.2) is 18.4 Å². The summed E-state index contributed by atoms with van der Waals surface area (Å²) in [7, 11) is -3.46. The van der Waals surface area contributed by atoms with Crippen LogP contribution in [0.2, 0.25) is 5.28 Å². The first-order valence-corrected chi connectivity index (χ1v) is 8.26. The van der Waals surface area contributed by atoms with Crippen LogP contribution in [0.3, 0.4) is 0 Å². The number of nitrogens with zero attached hydrogens (tertiary/aromatic N) is 4. The predicted molar refractivity (Wildman–Crippen MR) is 76.5 cm³/mol. The van der Waals surface area contributed by atoms with Crippen molar-refractivity contribution in [2.75, 3.05) is 6.26 Å². The summed E-state index contributed by atoms with van der Waals surface area (Å²) < 4.78 is 25.4. The predicted octanol–water partition coefficient (Wildman–Crippen LogP) is 2.29. The smallest absolute Gasteiger partial charge is 0.222 e. The maximum atomic E-state index is 11.9. The second-order valence-corrected chi connectivity index (χ2v) is 7.13. The summed E-state index contributed by atoms with van der Waals surface area (Å²) in [6, 6.07) is 0.0434. The van der Waals surface area contributed by atoms with Gasteiger partial charge in [-0.2, -0.15) is 5.10 Å². The first kappa shape index (κ1) is 14.9. The molecule has 2 heterocycles. The van der Waals surface area contributed by atoms with Crippen molar-refractivity contribution in [3.63, 3.8) is 0 Å². The van der Waals surface area contributed by atoms with Gasteiger partial charge in [-0.3, -0.25) is 4.68 Å². The van der Waals surface area contributed by atoms with Gasteiger partial charge in [-0.1, -0.05) is 0 Å². The molecule has 0 N–H and O–H groups in total. The van der Waals surface area contributed by atoms with Gasteiger partial charge in [0.2, 0.25) is 5.28 Å². The Hall–Kier alpha value is -1.47. The molecule has 0 aromatic carbocycles. The standard InChI is InChI=1S/C12H15ClN4O2S/c1-7(2)17-6-9(11(16-17)20(4,18)19)10-8(3)5-14-12(13)15-10/h5-7H,1-4H3. The van der Waals surface area contributed by atoms with E-state index in [2.05, 4.69) is 15.1 Å². The fraction of sp³-hybridized carbons (Fsp3) is 0.417. The highest BCUT2D eigenvalue weighted by atomic mass is 35.5. The fourth-order valence-electron chi connectivity index (χ4n) is 1.77. The maximum Gasteiger partial charge on any atom is 0.222 e. The SMILES string of the molecule is Cc1cnc(Cl)nc1-c1cn(C(C)C)nc1S(C)(=O)=O. The van der Waals surface area contributed by atoms with Crippen molar-refractivity contribution in [2.45, 2.75) is 31.8 Å². The minimum absolute atomic E-state index is 0.00377. The van der Waals surface area contributed by atoms with E-state index in [4.69, 9.17) is 11.6 Å². The van der Waals surface area contributed by atoms with Crippen molar-refractivity contribution in [1.82, 2.24) is 19.7 Å². The Labute approximate surface area is 122 Å². The van der Waals surface area contributed by atoms with Gasteiger partial charge in [-0.05, 0) is 37.9 Å². The Morgan fingerprint density at radius 1 is 1.35 bits per heavy atom. The lowest BCUT2D eigenvalue weighted by Crippen LogP contribution is -2.05. The average Bonchev–Trinajstić information content (AvgIpc) is 2.77. The van der Waals surface area contributed by atoms with E-state index in [1.54, 1.807) is 24.0 Å². The third-order valence-electron chi connectivity index (χ3n) is 2.78. The summed E-state index contributed by atoms with van der Waals surface area (Å²) in [5, 5.41) is 4.23. The quantitative estimate of drug-likeness (QED) is 0.812. The van der Waals surface area contributed by atoms with Gasteiger partial charge in [0, 0.05) is 24.7 Å². The van der Waals surface area contributed by atoms with Crippen LogP contribution in [0.15, 0.2) is 17.4 Å². The molecule has 0 unspecified atom stereocenters. The molecule has 2 rings (SSSR count). The minimum atomic E-state index is -3.46. The fourth-order valence-corrected chi connectivity index (χ4v) is 2.69. The summed E-state index contributed by atoms with van der Waals surface area (Å²) >= 11 is 5.80. The Morgan fingerprint density at radius 2 is 2.00 bits per heavy atom. The molecule has 0 amide bonds. The van der Waals surface area contributed by atoms with Crippen LogP contribution in [0.25, 0.3) is 11.3 Å². The van der Waals surface area contributed by atoms with E-state index in [1.165, 1.54) is 0 Å². The van der Waals surface area contributed by atoms with Crippen LogP contribution in [0.5, 0.6) is 0 Å². The van der Waals surface area contributed by atoms with Crippen LogP contribution in [0.1, 0.15) is 25.5 Å². The highest BCUT2D eigenvalue weighted by Gasteiger charge is 2.23. The third-order valence-corrected chi connectivity index (χ3v) is 3.96. The van der Waals surface area contributed by atoms with E-state index in [-0.39, 0.29) is 16.4 Å². The van der Waals surface area contributed by atoms with Crippen molar-refractivity contribution < 1.29 is 8.42 Å². The summed E-state index contributed by atoms with van der Waals surface area (Å²) in [6.45, 7) is 5.63. The van der Waals surface area contributed by atoms with Gasteiger partial charge in [0.15, 0.2) is 14.9 Å². The molecule has 20 heavy (non-hydrogen) atoms. The molecule has 8 heteroatoms. The van der Waals surface area contributed by atoms with Crippen molar-refractivity contribution in [2.24, 2.45) is 0 Å². The number of hydrogen-bond donors (Lipinski definition) is 0. The molecule has 2 aromatic rings. The molecule has 0 atom stereocenters. The van der Waals surface area contributed by atoms with E-state index in [9.17, 15) is 8.42 Å². The van der Waals surface area contributed by atoms with Gasteiger partial charge < -0.3 is 0 Å². The summed E-state index contributed by atoms with van der Waals surface area (Å²) in [4.78, 5) is 8.00. The maximum absolute atomic E-state index is 11.9. The third kappa shape index (κ3) is 2.83. The van der Waals surface area contributed by atoms with E-state index in [1.807, 2.05) is 13.8 Å². The molecule has 0 aliphatic rings. The lowest BCUT2D eigenvalue weighted by molar-refractivity contribution is 0.516. The van der Waals surface area contributed by atoms with Gasteiger partial charge in [0.1, 0.15) is 0 Å². The molecule has 0 saturated heterocycles. The van der Waals surface area contributed by atoms with Crippen LogP contribution in [0.4, 0.5) is 0 Å². The van der Waals surface area contributed by atoms with Crippen LogP contribution in [-0.4, -0.2) is 34.4 Å². The Balaban J connectivity index is 2.76. The Morgan fingerprint density at radius 3 is 2.55 bits per heavy atom. The number of aromatic nitrogens is 4. The Bertz CT molecular complexity index is 753. The topological polar surface area (TPSA) is 77.7 Å². The molecule has 0 spiro atoms. The highest BCUT2D eigenvalue weighted by molar-refractivity contribution is 7.90. The summed E-state index contributed by atoms with van der Waals surface area (Å²) in [5.41, 5.74) is 1.67. The molecule has 0 aliphatic heterocycles. The van der Waals surface area contributed by atoms with Gasteiger partial charge in [0.05, 0.1) is 11.3 Å². The first-order chi connectivity index (χ1) is 9.20. The number of halogens is 1. The van der Waals surface area contributed by atoms with Gasteiger partial charge in [-0.15, -0.1) is 0 Å². The van der Waals surface area contributed by atoms with Crippen molar-refractivity contribution in [3.8, 4) is 11.3 Å². The number of aryl methyl sites for hydroxylation is 1.